The Labute approximate surface area is 164 Å². The summed E-state index contributed by atoms with van der Waals surface area (Å²) in [5, 5.41) is 3.78. The second-order valence-corrected chi connectivity index (χ2v) is 6.84. The van der Waals surface area contributed by atoms with Crippen LogP contribution in [0, 0.1) is 6.92 Å². The molecule has 4 heteroatoms. The standard InChI is InChI=1S/C23H22ClNO2/c1-16-15-20(13-14-21(16)24)27-17(2)23(26)25-22(18-9-5-3-6-10-18)19-11-7-4-8-12-19/h3-15,17,22H,1-2H3,(H,25,26)/t17-/m0/s1. The fourth-order valence-corrected chi connectivity index (χ4v) is 2.98. The molecule has 3 aromatic rings. The zero-order valence-electron chi connectivity index (χ0n) is 15.4. The normalized spacial score (nSPS) is 11.9. The number of nitrogens with one attached hydrogen (secondary N) is 1. The van der Waals surface area contributed by atoms with Gasteiger partial charge in [0, 0.05) is 5.02 Å². The second kappa shape index (κ2) is 8.74. The minimum Gasteiger partial charge on any atom is -0.481 e. The Morgan fingerprint density at radius 3 is 2.00 bits per heavy atom. The van der Waals surface area contributed by atoms with Crippen LogP contribution in [0.3, 0.4) is 0 Å². The van der Waals surface area contributed by atoms with Crippen LogP contribution in [0.25, 0.3) is 0 Å². The molecule has 0 aliphatic rings. The van der Waals surface area contributed by atoms with Crippen LogP contribution in [0.4, 0.5) is 0 Å². The number of aryl methyl sites for hydroxylation is 1. The molecule has 0 saturated carbocycles. The van der Waals surface area contributed by atoms with Gasteiger partial charge >= 0.3 is 0 Å². The van der Waals surface area contributed by atoms with Gasteiger partial charge < -0.3 is 10.1 Å². The average Bonchev–Trinajstić information content (AvgIpc) is 2.70. The molecule has 138 valence electrons. The zero-order chi connectivity index (χ0) is 19.2. The topological polar surface area (TPSA) is 38.3 Å². The van der Waals surface area contributed by atoms with Gasteiger partial charge in [0.2, 0.25) is 0 Å². The molecule has 27 heavy (non-hydrogen) atoms. The van der Waals surface area contributed by atoms with E-state index in [0.717, 1.165) is 16.7 Å². The highest BCUT2D eigenvalue weighted by atomic mass is 35.5. The number of amides is 1. The summed E-state index contributed by atoms with van der Waals surface area (Å²) >= 11 is 6.05. The van der Waals surface area contributed by atoms with E-state index in [9.17, 15) is 4.79 Å². The number of rotatable bonds is 6. The van der Waals surface area contributed by atoms with Gasteiger partial charge in [-0.05, 0) is 48.7 Å². The van der Waals surface area contributed by atoms with Crippen molar-refractivity contribution >= 4 is 17.5 Å². The molecule has 0 fully saturated rings. The van der Waals surface area contributed by atoms with Crippen molar-refractivity contribution in [2.45, 2.75) is 26.0 Å². The number of benzene rings is 3. The molecule has 1 amide bonds. The molecule has 3 nitrogen and oxygen atoms in total. The second-order valence-electron chi connectivity index (χ2n) is 6.43. The molecule has 0 spiro atoms. The summed E-state index contributed by atoms with van der Waals surface area (Å²) in [4.78, 5) is 12.8. The molecule has 1 N–H and O–H groups in total. The van der Waals surface area contributed by atoms with Crippen molar-refractivity contribution in [1.29, 1.82) is 0 Å². The van der Waals surface area contributed by atoms with Crippen molar-refractivity contribution in [3.05, 3.63) is 101 Å². The maximum absolute atomic E-state index is 12.8. The summed E-state index contributed by atoms with van der Waals surface area (Å²) < 4.78 is 5.81. The summed E-state index contributed by atoms with van der Waals surface area (Å²) in [6.45, 7) is 3.65. The Kier molecular flexibility index (Phi) is 6.15. The Morgan fingerprint density at radius 1 is 0.926 bits per heavy atom. The number of ether oxygens (including phenoxy) is 1. The average molecular weight is 380 g/mol. The fourth-order valence-electron chi connectivity index (χ4n) is 2.86. The SMILES string of the molecule is Cc1cc(O[C@@H](C)C(=O)NC(c2ccccc2)c2ccccc2)ccc1Cl. The lowest BCUT2D eigenvalue weighted by atomic mass is 9.98. The third kappa shape index (κ3) is 4.89. The molecule has 0 radical (unpaired) electrons. The van der Waals surface area contributed by atoms with E-state index in [2.05, 4.69) is 5.32 Å². The van der Waals surface area contributed by atoms with Crippen LogP contribution in [-0.4, -0.2) is 12.0 Å². The Morgan fingerprint density at radius 2 is 1.48 bits per heavy atom. The van der Waals surface area contributed by atoms with E-state index < -0.39 is 6.10 Å². The van der Waals surface area contributed by atoms with Gasteiger partial charge in [0.15, 0.2) is 6.10 Å². The van der Waals surface area contributed by atoms with E-state index in [-0.39, 0.29) is 11.9 Å². The van der Waals surface area contributed by atoms with Gasteiger partial charge in [0.1, 0.15) is 5.75 Å². The lowest BCUT2D eigenvalue weighted by Crippen LogP contribution is -2.39. The van der Waals surface area contributed by atoms with Gasteiger partial charge in [0.05, 0.1) is 6.04 Å². The quantitative estimate of drug-likeness (QED) is 0.629. The molecule has 0 saturated heterocycles. The highest BCUT2D eigenvalue weighted by molar-refractivity contribution is 6.31. The third-order valence-electron chi connectivity index (χ3n) is 4.36. The number of carbonyl (C=O) groups is 1. The molecule has 0 aliphatic heterocycles. The van der Waals surface area contributed by atoms with Crippen molar-refractivity contribution < 1.29 is 9.53 Å². The Balaban J connectivity index is 1.76. The predicted octanol–water partition coefficient (Wildman–Crippen LogP) is 5.32. The molecule has 3 rings (SSSR count). The van der Waals surface area contributed by atoms with E-state index in [1.165, 1.54) is 0 Å². The van der Waals surface area contributed by atoms with Crippen LogP contribution < -0.4 is 10.1 Å². The minimum absolute atomic E-state index is 0.180. The molecule has 0 aromatic heterocycles. The van der Waals surface area contributed by atoms with Crippen LogP contribution in [0.2, 0.25) is 5.02 Å². The fraction of sp³-hybridized carbons (Fsp3) is 0.174. The zero-order valence-corrected chi connectivity index (χ0v) is 16.1. The highest BCUT2D eigenvalue weighted by Crippen LogP contribution is 2.24. The van der Waals surface area contributed by atoms with Crippen LogP contribution in [0.1, 0.15) is 29.7 Å². The van der Waals surface area contributed by atoms with Gasteiger partial charge in [-0.25, -0.2) is 0 Å². The van der Waals surface area contributed by atoms with Gasteiger partial charge in [-0.2, -0.15) is 0 Å². The molecule has 1 atom stereocenters. The summed E-state index contributed by atoms with van der Waals surface area (Å²) in [5.74, 6) is 0.441. The van der Waals surface area contributed by atoms with Gasteiger partial charge in [-0.3, -0.25) is 4.79 Å². The van der Waals surface area contributed by atoms with E-state index in [1.807, 2.05) is 73.7 Å². The van der Waals surface area contributed by atoms with Crippen LogP contribution in [0.5, 0.6) is 5.75 Å². The van der Waals surface area contributed by atoms with Crippen molar-refractivity contribution in [2.75, 3.05) is 0 Å². The molecular weight excluding hydrogens is 358 g/mol. The van der Waals surface area contributed by atoms with E-state index in [0.29, 0.717) is 10.8 Å². The van der Waals surface area contributed by atoms with E-state index in [4.69, 9.17) is 16.3 Å². The highest BCUT2D eigenvalue weighted by Gasteiger charge is 2.21. The lowest BCUT2D eigenvalue weighted by Gasteiger charge is -2.22. The van der Waals surface area contributed by atoms with E-state index in [1.54, 1.807) is 19.1 Å². The van der Waals surface area contributed by atoms with E-state index >= 15 is 0 Å². The molecule has 0 aliphatic carbocycles. The van der Waals surface area contributed by atoms with Crippen molar-refractivity contribution in [3.8, 4) is 5.75 Å². The van der Waals surface area contributed by atoms with Gasteiger partial charge in [-0.15, -0.1) is 0 Å². The first-order chi connectivity index (χ1) is 13.0. The van der Waals surface area contributed by atoms with Crippen molar-refractivity contribution in [2.24, 2.45) is 0 Å². The number of carbonyl (C=O) groups excluding carboxylic acids is 1. The number of hydrogen-bond acceptors (Lipinski definition) is 2. The van der Waals surface area contributed by atoms with Crippen molar-refractivity contribution in [1.82, 2.24) is 5.32 Å². The number of halogens is 1. The van der Waals surface area contributed by atoms with Gasteiger partial charge in [0.25, 0.3) is 5.91 Å². The molecule has 0 heterocycles. The van der Waals surface area contributed by atoms with Gasteiger partial charge in [-0.1, -0.05) is 72.3 Å². The van der Waals surface area contributed by atoms with Crippen LogP contribution in [-0.2, 0) is 4.79 Å². The minimum atomic E-state index is -0.638. The first-order valence-electron chi connectivity index (χ1n) is 8.87. The van der Waals surface area contributed by atoms with Crippen LogP contribution in [0.15, 0.2) is 78.9 Å². The molecule has 0 unspecified atom stereocenters. The summed E-state index contributed by atoms with van der Waals surface area (Å²) in [6.07, 6.45) is -0.638. The number of hydrogen-bond donors (Lipinski definition) is 1. The molecule has 3 aromatic carbocycles. The summed E-state index contributed by atoms with van der Waals surface area (Å²) in [7, 11) is 0. The first kappa shape index (κ1) is 19.0. The monoisotopic (exact) mass is 379 g/mol. The maximum Gasteiger partial charge on any atom is 0.261 e. The third-order valence-corrected chi connectivity index (χ3v) is 4.79. The van der Waals surface area contributed by atoms with Crippen molar-refractivity contribution in [3.63, 3.8) is 0 Å². The lowest BCUT2D eigenvalue weighted by molar-refractivity contribution is -0.127. The largest absolute Gasteiger partial charge is 0.481 e. The Bertz CT molecular complexity index is 857. The Hall–Kier alpha value is -2.78. The maximum atomic E-state index is 12.8. The first-order valence-corrected chi connectivity index (χ1v) is 9.25. The molecular formula is C23H22ClNO2. The summed E-state index contributed by atoms with van der Waals surface area (Å²) in [6, 6.07) is 24.9. The smallest absolute Gasteiger partial charge is 0.261 e. The summed E-state index contributed by atoms with van der Waals surface area (Å²) in [5.41, 5.74) is 2.95. The predicted molar refractivity (Wildman–Crippen MR) is 109 cm³/mol. The molecule has 0 bridgehead atoms. The van der Waals surface area contributed by atoms with Crippen LogP contribution >= 0.6 is 11.6 Å².